The highest BCUT2D eigenvalue weighted by atomic mass is 19.3. The predicted molar refractivity (Wildman–Crippen MR) is 50.2 cm³/mol. The lowest BCUT2D eigenvalue weighted by atomic mass is 9.97. The second-order valence-corrected chi connectivity index (χ2v) is 3.71. The van der Waals surface area contributed by atoms with Crippen LogP contribution in [0.4, 0.5) is 13.2 Å². The van der Waals surface area contributed by atoms with Gasteiger partial charge in [0.05, 0.1) is 5.56 Å². The summed E-state index contributed by atoms with van der Waals surface area (Å²) in [5, 5.41) is 0. The molecule has 0 radical (unpaired) electrons. The minimum atomic E-state index is -2.74. The van der Waals surface area contributed by atoms with E-state index in [0.717, 1.165) is 0 Å². The molecule has 0 saturated heterocycles. The molecule has 0 fully saturated rings. The van der Waals surface area contributed by atoms with E-state index in [-0.39, 0.29) is 5.92 Å². The third-order valence-corrected chi connectivity index (χ3v) is 2.13. The van der Waals surface area contributed by atoms with E-state index in [2.05, 4.69) is 0 Å². The maximum absolute atomic E-state index is 13.5. The molecule has 0 nitrogen and oxygen atoms in total. The normalized spacial score (nSPS) is 11.4. The fourth-order valence-corrected chi connectivity index (χ4v) is 1.40. The molecule has 14 heavy (non-hydrogen) atoms. The van der Waals surface area contributed by atoms with Crippen LogP contribution < -0.4 is 0 Å². The van der Waals surface area contributed by atoms with Crippen molar-refractivity contribution in [1.29, 1.82) is 0 Å². The minimum Gasteiger partial charge on any atom is -0.206 e. The van der Waals surface area contributed by atoms with E-state index >= 15 is 0 Å². The quantitative estimate of drug-likeness (QED) is 0.674. The van der Waals surface area contributed by atoms with Crippen molar-refractivity contribution >= 4 is 0 Å². The highest BCUT2D eigenvalue weighted by Crippen LogP contribution is 2.29. The van der Waals surface area contributed by atoms with Crippen molar-refractivity contribution in [1.82, 2.24) is 0 Å². The summed E-state index contributed by atoms with van der Waals surface area (Å²) in [7, 11) is 0. The summed E-state index contributed by atoms with van der Waals surface area (Å²) < 4.78 is 38.3. The molecule has 0 amide bonds. The van der Waals surface area contributed by atoms with Crippen molar-refractivity contribution in [3.63, 3.8) is 0 Å². The molecule has 1 aromatic rings. The van der Waals surface area contributed by atoms with Crippen LogP contribution in [-0.2, 0) is 0 Å². The third-order valence-electron chi connectivity index (χ3n) is 2.13. The highest BCUT2D eigenvalue weighted by molar-refractivity contribution is 5.33. The minimum absolute atomic E-state index is 0.0765. The van der Waals surface area contributed by atoms with E-state index < -0.39 is 17.8 Å². The molecule has 0 aromatic heterocycles. The van der Waals surface area contributed by atoms with Crippen LogP contribution in [0.1, 0.15) is 42.9 Å². The first-order chi connectivity index (χ1) is 6.43. The van der Waals surface area contributed by atoms with Crippen LogP contribution in [0.2, 0.25) is 0 Å². The zero-order valence-corrected chi connectivity index (χ0v) is 8.44. The van der Waals surface area contributed by atoms with Crippen LogP contribution in [0.3, 0.4) is 0 Å². The summed E-state index contributed by atoms with van der Waals surface area (Å²) in [5.74, 6) is -0.840. The number of hydrogen-bond acceptors (Lipinski definition) is 0. The van der Waals surface area contributed by atoms with Gasteiger partial charge in [0, 0.05) is 0 Å². The van der Waals surface area contributed by atoms with Gasteiger partial charge in [-0.05, 0) is 24.5 Å². The average molecular weight is 202 g/mol. The van der Waals surface area contributed by atoms with Crippen LogP contribution in [-0.4, -0.2) is 0 Å². The Morgan fingerprint density at radius 1 is 1.07 bits per heavy atom. The lowest BCUT2D eigenvalue weighted by molar-refractivity contribution is 0.146. The molecule has 78 valence electrons. The molecule has 0 aliphatic carbocycles. The van der Waals surface area contributed by atoms with E-state index in [0.29, 0.717) is 11.1 Å². The molecule has 3 heteroatoms. The van der Waals surface area contributed by atoms with Crippen LogP contribution in [0.15, 0.2) is 12.1 Å². The summed E-state index contributed by atoms with van der Waals surface area (Å²) >= 11 is 0. The molecule has 0 atom stereocenters. The largest absolute Gasteiger partial charge is 0.266 e. The Balaban J connectivity index is 3.32. The number of benzene rings is 1. The molecule has 0 spiro atoms. The van der Waals surface area contributed by atoms with Crippen LogP contribution in [0.5, 0.6) is 0 Å². The first-order valence-corrected chi connectivity index (χ1v) is 4.51. The monoisotopic (exact) mass is 202 g/mol. The molecule has 1 rings (SSSR count). The fourth-order valence-electron chi connectivity index (χ4n) is 1.40. The summed E-state index contributed by atoms with van der Waals surface area (Å²) in [6, 6.07) is 2.82. The lowest BCUT2D eigenvalue weighted by Crippen LogP contribution is -2.00. The lowest BCUT2D eigenvalue weighted by Gasteiger charge is -2.12. The Hall–Kier alpha value is -0.990. The second kappa shape index (κ2) is 4.03. The first kappa shape index (κ1) is 11.1. The van der Waals surface area contributed by atoms with E-state index in [1.807, 2.05) is 0 Å². The Bertz CT molecular complexity index is 300. The number of alkyl halides is 2. The van der Waals surface area contributed by atoms with Gasteiger partial charge in [-0.1, -0.05) is 25.5 Å². The van der Waals surface area contributed by atoms with Crippen molar-refractivity contribution < 1.29 is 13.2 Å². The van der Waals surface area contributed by atoms with Crippen molar-refractivity contribution in [3.05, 3.63) is 34.6 Å². The van der Waals surface area contributed by atoms with Crippen LogP contribution in [0, 0.1) is 12.7 Å². The number of aryl methyl sites for hydroxylation is 1. The van der Waals surface area contributed by atoms with Gasteiger partial charge in [0.2, 0.25) is 0 Å². The SMILES string of the molecule is Cc1cc(C(C)C)c(F)c(C(F)F)c1. The molecule has 0 N–H and O–H groups in total. The van der Waals surface area contributed by atoms with E-state index in [1.54, 1.807) is 26.8 Å². The van der Waals surface area contributed by atoms with Gasteiger partial charge in [0.15, 0.2) is 0 Å². The number of rotatable bonds is 2. The molecular weight excluding hydrogens is 189 g/mol. The Morgan fingerprint density at radius 3 is 2.00 bits per heavy atom. The molecule has 0 saturated carbocycles. The van der Waals surface area contributed by atoms with E-state index in [4.69, 9.17) is 0 Å². The molecular formula is C11H13F3. The third kappa shape index (κ3) is 2.08. The standard InChI is InChI=1S/C11H13F3/c1-6(2)8-4-7(3)5-9(10(8)12)11(13)14/h4-6,11H,1-3H3. The maximum Gasteiger partial charge on any atom is 0.266 e. The van der Waals surface area contributed by atoms with Crippen molar-refractivity contribution in [2.75, 3.05) is 0 Å². The van der Waals surface area contributed by atoms with Gasteiger partial charge in [-0.15, -0.1) is 0 Å². The fraction of sp³-hybridized carbons (Fsp3) is 0.455. The van der Waals surface area contributed by atoms with E-state index in [9.17, 15) is 13.2 Å². The topological polar surface area (TPSA) is 0 Å². The van der Waals surface area contributed by atoms with Crippen molar-refractivity contribution in [3.8, 4) is 0 Å². The highest BCUT2D eigenvalue weighted by Gasteiger charge is 2.18. The maximum atomic E-state index is 13.5. The zero-order valence-electron chi connectivity index (χ0n) is 8.44. The van der Waals surface area contributed by atoms with Gasteiger partial charge in [0.25, 0.3) is 6.43 Å². The van der Waals surface area contributed by atoms with Gasteiger partial charge in [-0.3, -0.25) is 0 Å². The molecule has 0 heterocycles. The van der Waals surface area contributed by atoms with Gasteiger partial charge in [0.1, 0.15) is 5.82 Å². The molecule has 0 unspecified atom stereocenters. The van der Waals surface area contributed by atoms with Crippen LogP contribution in [0.25, 0.3) is 0 Å². The Labute approximate surface area is 81.8 Å². The Morgan fingerprint density at radius 2 is 1.57 bits per heavy atom. The van der Waals surface area contributed by atoms with Crippen molar-refractivity contribution in [2.24, 2.45) is 0 Å². The van der Waals surface area contributed by atoms with Gasteiger partial charge in [-0.25, -0.2) is 13.2 Å². The molecule has 0 aliphatic rings. The summed E-state index contributed by atoms with van der Waals surface area (Å²) in [6.07, 6.45) is -2.74. The summed E-state index contributed by atoms with van der Waals surface area (Å²) in [4.78, 5) is 0. The van der Waals surface area contributed by atoms with E-state index in [1.165, 1.54) is 6.07 Å². The van der Waals surface area contributed by atoms with Gasteiger partial charge < -0.3 is 0 Å². The predicted octanol–water partition coefficient (Wildman–Crippen LogP) is 4.20. The van der Waals surface area contributed by atoms with Crippen molar-refractivity contribution in [2.45, 2.75) is 33.1 Å². The smallest absolute Gasteiger partial charge is 0.206 e. The first-order valence-electron chi connectivity index (χ1n) is 4.51. The van der Waals surface area contributed by atoms with Gasteiger partial charge in [-0.2, -0.15) is 0 Å². The molecule has 0 aliphatic heterocycles. The van der Waals surface area contributed by atoms with Crippen LogP contribution >= 0.6 is 0 Å². The summed E-state index contributed by atoms with van der Waals surface area (Å²) in [5.41, 5.74) is 0.541. The Kier molecular flexibility index (Phi) is 3.19. The number of hydrogen-bond donors (Lipinski definition) is 0. The molecule has 1 aromatic carbocycles. The number of halogens is 3. The van der Waals surface area contributed by atoms with Gasteiger partial charge >= 0.3 is 0 Å². The molecule has 0 bridgehead atoms. The second-order valence-electron chi connectivity index (χ2n) is 3.71. The zero-order chi connectivity index (χ0) is 10.9. The summed E-state index contributed by atoms with van der Waals surface area (Å²) in [6.45, 7) is 5.26. The average Bonchev–Trinajstić information content (AvgIpc) is 2.07.